The number of rotatable bonds is 90. The summed E-state index contributed by atoms with van der Waals surface area (Å²) in [6.45, 7) is 4.84. The second-order valence-electron chi connectivity index (χ2n) is 33.7. The van der Waals surface area contributed by atoms with Gasteiger partial charge in [0.25, 0.3) is 0 Å². The van der Waals surface area contributed by atoms with E-state index in [0.29, 0.717) is 17.4 Å². The summed E-state index contributed by atoms with van der Waals surface area (Å²) >= 11 is 0. The van der Waals surface area contributed by atoms with Gasteiger partial charge in [-0.05, 0) is 44.9 Å². The van der Waals surface area contributed by atoms with Crippen molar-refractivity contribution in [3.05, 3.63) is 24.3 Å². The molecular weight excluding hydrogens is 1280 g/mol. The molecule has 104 heavy (non-hydrogen) atoms. The van der Waals surface area contributed by atoms with Crippen molar-refractivity contribution < 1.29 is 42.9 Å². The van der Waals surface area contributed by atoms with Crippen molar-refractivity contribution in [1.29, 1.82) is 0 Å². The molecule has 0 aromatic rings. The third-order valence-electron chi connectivity index (χ3n) is 22.0. The molecule has 0 bridgehead atoms. The van der Waals surface area contributed by atoms with Gasteiger partial charge in [-0.3, -0.25) is 9.59 Å². The summed E-state index contributed by atoms with van der Waals surface area (Å²) in [6.07, 6.45) is 110. The lowest BCUT2D eigenvalue weighted by atomic mass is 10.0. The van der Waals surface area contributed by atoms with Crippen LogP contribution in [0.2, 0.25) is 0 Å². The van der Waals surface area contributed by atoms with Crippen LogP contribution >= 0.6 is 0 Å². The molecule has 0 saturated heterocycles. The first-order chi connectivity index (χ1) is 51.1. The van der Waals surface area contributed by atoms with Crippen LogP contribution in [0.5, 0.6) is 0 Å². The van der Waals surface area contributed by atoms with E-state index in [1.165, 1.54) is 437 Å². The van der Waals surface area contributed by atoms with Gasteiger partial charge in [-0.1, -0.05) is 475 Å². The van der Waals surface area contributed by atoms with E-state index in [0.717, 1.165) is 44.9 Å². The summed E-state index contributed by atoms with van der Waals surface area (Å²) in [5.41, 5.74) is 0. The smallest absolute Gasteiger partial charge is 0.306 e. The first-order valence-corrected chi connectivity index (χ1v) is 47.0. The van der Waals surface area contributed by atoms with Crippen LogP contribution in [-0.2, 0) is 33.3 Å². The van der Waals surface area contributed by atoms with E-state index in [9.17, 15) is 19.5 Å². The average Bonchev–Trinajstić information content (AvgIpc) is 1.13. The van der Waals surface area contributed by atoms with Crippen LogP contribution in [0, 0.1) is 0 Å². The van der Waals surface area contributed by atoms with E-state index in [2.05, 4.69) is 38.2 Å². The second-order valence-corrected chi connectivity index (χ2v) is 33.7. The van der Waals surface area contributed by atoms with Gasteiger partial charge in [0.15, 0.2) is 12.4 Å². The van der Waals surface area contributed by atoms with Gasteiger partial charge in [0.1, 0.15) is 13.2 Å². The molecule has 0 spiro atoms. The van der Waals surface area contributed by atoms with Crippen LogP contribution in [0.15, 0.2) is 24.3 Å². The topological polar surface area (TPSA) is 111 Å². The van der Waals surface area contributed by atoms with Crippen molar-refractivity contribution in [1.82, 2.24) is 0 Å². The predicted octanol–water partition coefficient (Wildman–Crippen LogP) is 29.4. The maximum absolute atomic E-state index is 13.0. The summed E-state index contributed by atoms with van der Waals surface area (Å²) < 4.78 is 23.0. The normalized spacial score (nSPS) is 12.6. The molecule has 0 aliphatic carbocycles. The average molecular weight is 1470 g/mol. The minimum absolute atomic E-state index is 0.153. The zero-order valence-electron chi connectivity index (χ0n) is 71.0. The largest absolute Gasteiger partial charge is 0.545 e. The number of carbonyl (C=O) groups is 3. The van der Waals surface area contributed by atoms with Gasteiger partial charge in [0, 0.05) is 12.8 Å². The van der Waals surface area contributed by atoms with Crippen LogP contribution in [0.25, 0.3) is 0 Å². The Morgan fingerprint density at radius 3 is 0.760 bits per heavy atom. The SMILES string of the molecule is CCCCCCC/C=C\C/C=C\CCCCCCCCCCCCCCCCCCCCCCCCCCCCCC(=O)OC(COC(=O)CCCCCCCCCCCCCCCCCCCCCCCCCCCCCCCCCCCCCCCCCC)COC(OCC[N+](C)(C)C)C(=O)[O-]. The Hall–Kier alpha value is -2.23. The van der Waals surface area contributed by atoms with Crippen LogP contribution in [0.1, 0.15) is 508 Å². The Morgan fingerprint density at radius 1 is 0.288 bits per heavy atom. The van der Waals surface area contributed by atoms with Crippen molar-refractivity contribution in [2.75, 3.05) is 47.5 Å². The van der Waals surface area contributed by atoms with Crippen LogP contribution in [-0.4, -0.2) is 82.3 Å². The molecule has 0 radical (unpaired) electrons. The summed E-state index contributed by atoms with van der Waals surface area (Å²) in [5, 5.41) is 11.9. The summed E-state index contributed by atoms with van der Waals surface area (Å²) in [6, 6.07) is 0. The molecule has 2 unspecified atom stereocenters. The van der Waals surface area contributed by atoms with Gasteiger partial charge in [-0.25, -0.2) is 0 Å². The molecule has 0 rings (SSSR count). The molecule has 616 valence electrons. The molecule has 0 amide bonds. The van der Waals surface area contributed by atoms with E-state index in [4.69, 9.17) is 18.9 Å². The molecule has 0 aliphatic heterocycles. The number of carboxylic acid groups (broad SMARTS) is 1. The molecule has 0 saturated carbocycles. The lowest BCUT2D eigenvalue weighted by Gasteiger charge is -2.26. The van der Waals surface area contributed by atoms with E-state index in [1.54, 1.807) is 0 Å². The Bertz CT molecular complexity index is 1760. The van der Waals surface area contributed by atoms with Crippen molar-refractivity contribution in [3.8, 4) is 0 Å². The molecule has 2 atom stereocenters. The number of allylic oxidation sites excluding steroid dienone is 4. The number of quaternary nitrogens is 1. The highest BCUT2D eigenvalue weighted by Crippen LogP contribution is 2.22. The van der Waals surface area contributed by atoms with E-state index >= 15 is 0 Å². The Labute approximate surface area is 649 Å². The molecule has 0 heterocycles. The molecule has 0 N–H and O–H groups in total. The molecule has 0 aliphatic rings. The van der Waals surface area contributed by atoms with Crippen LogP contribution in [0.3, 0.4) is 0 Å². The third-order valence-corrected chi connectivity index (χ3v) is 22.0. The number of hydrogen-bond acceptors (Lipinski definition) is 8. The maximum Gasteiger partial charge on any atom is 0.306 e. The Morgan fingerprint density at radius 2 is 0.519 bits per heavy atom. The summed E-state index contributed by atoms with van der Waals surface area (Å²) in [7, 11) is 5.96. The molecule has 0 aromatic heterocycles. The van der Waals surface area contributed by atoms with Gasteiger partial charge < -0.3 is 33.3 Å². The fraction of sp³-hybridized carbons (Fsp3) is 0.926. The quantitative estimate of drug-likeness (QED) is 0.0195. The summed E-state index contributed by atoms with van der Waals surface area (Å²) in [4.78, 5) is 37.7. The third kappa shape index (κ3) is 87.0. The standard InChI is InChI=1S/C95H183NO8/c1-6-8-10-12-14-16-18-20-22-24-26-28-30-32-34-36-38-40-42-44-46-48-49-51-53-55-57-59-61-63-65-67-69-71-73-75-77-79-81-83-85-92(97)102-89-91(90-103-95(94(99)100)101-88-87-96(3,4)5)104-93(98)86-84-82-80-78-76-74-72-70-68-66-64-62-60-58-56-54-52-50-47-45-43-41-39-37-35-33-31-29-27-25-23-21-19-17-15-13-11-9-7-2/h19,21,25,27,91,95H,6-18,20,22-24,26,28-90H2,1-5H3/b21-19-,27-25-. The monoisotopic (exact) mass is 1470 g/mol. The summed E-state index contributed by atoms with van der Waals surface area (Å²) in [5.74, 6) is -2.24. The van der Waals surface area contributed by atoms with E-state index in [-0.39, 0.29) is 32.2 Å². The Kier molecular flexibility index (Phi) is 84.5. The Balaban J connectivity index is 3.85. The van der Waals surface area contributed by atoms with Crippen molar-refractivity contribution in [3.63, 3.8) is 0 Å². The zero-order chi connectivity index (χ0) is 75.3. The highest BCUT2D eigenvalue weighted by molar-refractivity contribution is 5.70. The van der Waals surface area contributed by atoms with Gasteiger partial charge in [0.05, 0.1) is 40.3 Å². The number of esters is 2. The van der Waals surface area contributed by atoms with Gasteiger partial charge >= 0.3 is 11.9 Å². The highest BCUT2D eigenvalue weighted by Gasteiger charge is 2.22. The first kappa shape index (κ1) is 102. The number of hydrogen-bond donors (Lipinski definition) is 0. The fourth-order valence-electron chi connectivity index (χ4n) is 14.8. The first-order valence-electron chi connectivity index (χ1n) is 47.0. The van der Waals surface area contributed by atoms with Gasteiger partial charge in [0.2, 0.25) is 0 Å². The minimum Gasteiger partial charge on any atom is -0.545 e. The lowest BCUT2D eigenvalue weighted by molar-refractivity contribution is -0.870. The van der Waals surface area contributed by atoms with Crippen molar-refractivity contribution >= 4 is 17.9 Å². The number of unbranched alkanes of at least 4 members (excludes halogenated alkanes) is 71. The molecule has 9 heteroatoms. The zero-order valence-corrected chi connectivity index (χ0v) is 71.0. The fourth-order valence-corrected chi connectivity index (χ4v) is 14.8. The number of aliphatic carboxylic acids is 1. The van der Waals surface area contributed by atoms with Crippen LogP contribution in [0.4, 0.5) is 0 Å². The predicted molar refractivity (Wildman–Crippen MR) is 450 cm³/mol. The number of likely N-dealkylation sites (N-methyl/N-ethyl adjacent to an activating group) is 1. The molecule has 0 aromatic carbocycles. The number of ether oxygens (including phenoxy) is 4. The van der Waals surface area contributed by atoms with Crippen molar-refractivity contribution in [2.24, 2.45) is 0 Å². The number of carbonyl (C=O) groups excluding carboxylic acids is 3. The van der Waals surface area contributed by atoms with Gasteiger partial charge in [-0.15, -0.1) is 0 Å². The minimum atomic E-state index is -1.62. The molecule has 9 nitrogen and oxygen atoms in total. The number of nitrogens with zero attached hydrogens (tertiary/aromatic N) is 1. The lowest BCUT2D eigenvalue weighted by Crippen LogP contribution is -2.44. The van der Waals surface area contributed by atoms with Crippen molar-refractivity contribution in [2.45, 2.75) is 521 Å². The van der Waals surface area contributed by atoms with Gasteiger partial charge in [-0.2, -0.15) is 0 Å². The van der Waals surface area contributed by atoms with Crippen LogP contribution < -0.4 is 5.11 Å². The maximum atomic E-state index is 13.0. The van der Waals surface area contributed by atoms with E-state index < -0.39 is 24.3 Å². The van der Waals surface area contributed by atoms with E-state index in [1.807, 2.05) is 21.1 Å². The highest BCUT2D eigenvalue weighted by atomic mass is 16.7. The molecule has 0 fully saturated rings. The molecular formula is C95H183NO8. The number of carboxylic acids is 1. The second kappa shape index (κ2) is 86.4.